The fourth-order valence-corrected chi connectivity index (χ4v) is 2.74. The summed E-state index contributed by atoms with van der Waals surface area (Å²) in [6.07, 6.45) is 7.28. The molecule has 17 heavy (non-hydrogen) atoms. The van der Waals surface area contributed by atoms with E-state index in [0.717, 1.165) is 32.0 Å². The van der Waals surface area contributed by atoms with Crippen LogP contribution in [-0.2, 0) is 4.79 Å². The van der Waals surface area contributed by atoms with Gasteiger partial charge in [-0.1, -0.05) is 12.8 Å². The van der Waals surface area contributed by atoms with Crippen molar-refractivity contribution in [3.8, 4) is 0 Å². The van der Waals surface area contributed by atoms with E-state index >= 15 is 0 Å². The molecular formula is C13H25N3O. The lowest BCUT2D eigenvalue weighted by atomic mass is 10.1. The maximum Gasteiger partial charge on any atom is 0.227 e. The van der Waals surface area contributed by atoms with Crippen molar-refractivity contribution in [1.29, 1.82) is 0 Å². The molecule has 2 aliphatic carbocycles. The smallest absolute Gasteiger partial charge is 0.227 e. The van der Waals surface area contributed by atoms with Gasteiger partial charge in [-0.05, 0) is 32.7 Å². The normalized spacial score (nSPS) is 23.0. The standard InChI is InChI=1S/C13H25N3O/c1-16(11-4-2-3-5-11)9-8-15-12(17)13(10-14)6-7-13/h11H,2-10,14H2,1H3,(H,15,17). The molecule has 2 saturated carbocycles. The first-order valence-corrected chi connectivity index (χ1v) is 6.86. The van der Waals surface area contributed by atoms with Crippen molar-refractivity contribution in [3.63, 3.8) is 0 Å². The van der Waals surface area contributed by atoms with E-state index in [1.807, 2.05) is 0 Å². The number of hydrogen-bond acceptors (Lipinski definition) is 3. The average Bonchev–Trinajstić information content (AvgIpc) is 2.95. The third kappa shape index (κ3) is 2.99. The second kappa shape index (κ2) is 5.36. The van der Waals surface area contributed by atoms with Gasteiger partial charge in [0.25, 0.3) is 0 Å². The van der Waals surface area contributed by atoms with Crippen LogP contribution < -0.4 is 11.1 Å². The van der Waals surface area contributed by atoms with E-state index in [0.29, 0.717) is 6.54 Å². The van der Waals surface area contributed by atoms with Crippen molar-refractivity contribution in [2.75, 3.05) is 26.7 Å². The lowest BCUT2D eigenvalue weighted by Crippen LogP contribution is -2.41. The fourth-order valence-electron chi connectivity index (χ4n) is 2.74. The van der Waals surface area contributed by atoms with Crippen LogP contribution in [0.2, 0.25) is 0 Å². The monoisotopic (exact) mass is 239 g/mol. The number of nitrogens with one attached hydrogen (secondary N) is 1. The Kier molecular flexibility index (Phi) is 4.05. The minimum absolute atomic E-state index is 0.167. The predicted molar refractivity (Wildman–Crippen MR) is 68.6 cm³/mol. The van der Waals surface area contributed by atoms with Gasteiger partial charge in [0.05, 0.1) is 5.41 Å². The van der Waals surface area contributed by atoms with E-state index < -0.39 is 0 Å². The molecule has 2 aliphatic rings. The minimum atomic E-state index is -0.202. The van der Waals surface area contributed by atoms with E-state index in [1.54, 1.807) is 0 Å². The van der Waals surface area contributed by atoms with Gasteiger partial charge in [-0.25, -0.2) is 0 Å². The molecule has 0 atom stereocenters. The highest BCUT2D eigenvalue weighted by molar-refractivity contribution is 5.85. The molecule has 0 saturated heterocycles. The molecule has 2 rings (SSSR count). The summed E-state index contributed by atoms with van der Waals surface area (Å²) in [6.45, 7) is 2.21. The maximum atomic E-state index is 11.9. The maximum absolute atomic E-state index is 11.9. The van der Waals surface area contributed by atoms with Gasteiger partial charge in [-0.3, -0.25) is 4.79 Å². The molecule has 4 heteroatoms. The first-order valence-electron chi connectivity index (χ1n) is 6.86. The van der Waals surface area contributed by atoms with E-state index in [2.05, 4.69) is 17.3 Å². The molecule has 0 aromatic heterocycles. The second-order valence-corrected chi connectivity index (χ2v) is 5.66. The number of amides is 1. The third-order valence-corrected chi connectivity index (χ3v) is 4.42. The second-order valence-electron chi connectivity index (χ2n) is 5.66. The van der Waals surface area contributed by atoms with Gasteiger partial charge < -0.3 is 16.0 Å². The molecule has 0 spiro atoms. The molecular weight excluding hydrogens is 214 g/mol. The number of rotatable bonds is 6. The zero-order valence-corrected chi connectivity index (χ0v) is 10.9. The molecule has 0 radical (unpaired) electrons. The van der Waals surface area contributed by atoms with Crippen LogP contribution in [-0.4, -0.2) is 43.5 Å². The van der Waals surface area contributed by atoms with Crippen molar-refractivity contribution in [1.82, 2.24) is 10.2 Å². The molecule has 0 unspecified atom stereocenters. The van der Waals surface area contributed by atoms with Crippen molar-refractivity contribution >= 4 is 5.91 Å². The number of carbonyl (C=O) groups is 1. The van der Waals surface area contributed by atoms with Crippen LogP contribution in [0.5, 0.6) is 0 Å². The van der Waals surface area contributed by atoms with Gasteiger partial charge in [0.1, 0.15) is 0 Å². The zero-order valence-electron chi connectivity index (χ0n) is 10.9. The summed E-state index contributed by atoms with van der Waals surface area (Å²) >= 11 is 0. The lowest BCUT2D eigenvalue weighted by molar-refractivity contribution is -0.126. The summed E-state index contributed by atoms with van der Waals surface area (Å²) in [6, 6.07) is 0.733. The third-order valence-electron chi connectivity index (χ3n) is 4.42. The van der Waals surface area contributed by atoms with Crippen molar-refractivity contribution < 1.29 is 4.79 Å². The highest BCUT2D eigenvalue weighted by atomic mass is 16.2. The van der Waals surface area contributed by atoms with Crippen molar-refractivity contribution in [2.45, 2.75) is 44.6 Å². The predicted octanol–water partition coefficient (Wildman–Crippen LogP) is 0.716. The van der Waals surface area contributed by atoms with Crippen LogP contribution in [0, 0.1) is 5.41 Å². The Morgan fingerprint density at radius 3 is 2.59 bits per heavy atom. The Morgan fingerprint density at radius 2 is 2.06 bits per heavy atom. The molecule has 1 amide bonds. The molecule has 0 bridgehead atoms. The highest BCUT2D eigenvalue weighted by Crippen LogP contribution is 2.44. The first-order chi connectivity index (χ1) is 8.18. The van der Waals surface area contributed by atoms with Crippen LogP contribution >= 0.6 is 0 Å². The Labute approximate surface area is 104 Å². The van der Waals surface area contributed by atoms with Crippen molar-refractivity contribution in [2.24, 2.45) is 11.1 Å². The summed E-state index contributed by atoms with van der Waals surface area (Å²) in [5.41, 5.74) is 5.43. The van der Waals surface area contributed by atoms with Crippen molar-refractivity contribution in [3.05, 3.63) is 0 Å². The molecule has 3 N–H and O–H groups in total. The summed E-state index contributed by atoms with van der Waals surface area (Å²) in [5, 5.41) is 3.03. The summed E-state index contributed by atoms with van der Waals surface area (Å²) in [4.78, 5) is 14.2. The molecule has 0 heterocycles. The Morgan fingerprint density at radius 1 is 1.41 bits per heavy atom. The quantitative estimate of drug-likeness (QED) is 0.718. The Balaban J connectivity index is 1.64. The van der Waals surface area contributed by atoms with Gasteiger partial charge in [0.2, 0.25) is 5.91 Å². The first kappa shape index (κ1) is 12.8. The SMILES string of the molecule is CN(CCNC(=O)C1(CN)CC1)C1CCCC1. The van der Waals surface area contributed by atoms with Gasteiger partial charge in [-0.2, -0.15) is 0 Å². The van der Waals surface area contributed by atoms with Crippen LogP contribution in [0.25, 0.3) is 0 Å². The Hall–Kier alpha value is -0.610. The number of hydrogen-bond donors (Lipinski definition) is 2. The number of nitrogens with zero attached hydrogens (tertiary/aromatic N) is 1. The topological polar surface area (TPSA) is 58.4 Å². The van der Waals surface area contributed by atoms with Gasteiger partial charge in [0, 0.05) is 25.7 Å². The van der Waals surface area contributed by atoms with Gasteiger partial charge in [0.15, 0.2) is 0 Å². The average molecular weight is 239 g/mol. The fraction of sp³-hybridized carbons (Fsp3) is 0.923. The Bertz CT molecular complexity index is 270. The largest absolute Gasteiger partial charge is 0.354 e. The highest BCUT2D eigenvalue weighted by Gasteiger charge is 2.48. The summed E-state index contributed by atoms with van der Waals surface area (Å²) in [5.74, 6) is 0.167. The number of likely N-dealkylation sites (N-methyl/N-ethyl adjacent to an activating group) is 1. The molecule has 98 valence electrons. The lowest BCUT2D eigenvalue weighted by Gasteiger charge is -2.24. The van der Waals surface area contributed by atoms with Gasteiger partial charge >= 0.3 is 0 Å². The van der Waals surface area contributed by atoms with E-state index in [1.165, 1.54) is 25.7 Å². The summed E-state index contributed by atoms with van der Waals surface area (Å²) < 4.78 is 0. The number of carbonyl (C=O) groups excluding carboxylic acids is 1. The van der Waals surface area contributed by atoms with Crippen LogP contribution in [0.4, 0.5) is 0 Å². The van der Waals surface area contributed by atoms with E-state index in [9.17, 15) is 4.79 Å². The molecule has 4 nitrogen and oxygen atoms in total. The molecule has 0 aromatic rings. The van der Waals surface area contributed by atoms with Crippen LogP contribution in [0.3, 0.4) is 0 Å². The minimum Gasteiger partial charge on any atom is -0.354 e. The van der Waals surface area contributed by atoms with E-state index in [-0.39, 0.29) is 11.3 Å². The van der Waals surface area contributed by atoms with Gasteiger partial charge in [-0.15, -0.1) is 0 Å². The van der Waals surface area contributed by atoms with Crippen LogP contribution in [0.15, 0.2) is 0 Å². The molecule has 0 aliphatic heterocycles. The molecule has 0 aromatic carbocycles. The summed E-state index contributed by atoms with van der Waals surface area (Å²) in [7, 11) is 2.16. The van der Waals surface area contributed by atoms with Crippen LogP contribution in [0.1, 0.15) is 38.5 Å². The molecule has 2 fully saturated rings. The zero-order chi connectivity index (χ0) is 12.3. The number of nitrogens with two attached hydrogens (primary N) is 1. The van der Waals surface area contributed by atoms with E-state index in [4.69, 9.17) is 5.73 Å².